The number of nitriles is 1. The lowest BCUT2D eigenvalue weighted by Gasteiger charge is -2.37. The van der Waals surface area contributed by atoms with Gasteiger partial charge in [-0.3, -0.25) is 4.90 Å². The van der Waals surface area contributed by atoms with Crippen LogP contribution in [-0.2, 0) is 0 Å². The fourth-order valence-electron chi connectivity index (χ4n) is 3.50. The van der Waals surface area contributed by atoms with Crippen LogP contribution in [0.5, 0.6) is 0 Å². The average Bonchev–Trinajstić information content (AvgIpc) is 3.05. The second kappa shape index (κ2) is 6.64. The van der Waals surface area contributed by atoms with Crippen molar-refractivity contribution in [3.8, 4) is 6.07 Å². The third-order valence-corrected chi connectivity index (χ3v) is 5.05. The molecule has 0 aliphatic carbocycles. The molecule has 118 valence electrons. The molecule has 5 nitrogen and oxygen atoms in total. The molecule has 2 saturated heterocycles. The fraction of sp³-hybridized carbons (Fsp3) is 0.647. The van der Waals surface area contributed by atoms with E-state index in [0.29, 0.717) is 11.7 Å². The van der Waals surface area contributed by atoms with Crippen LogP contribution in [0.2, 0.25) is 0 Å². The lowest BCUT2D eigenvalue weighted by atomic mass is 10.2. The maximum absolute atomic E-state index is 9.15. The Morgan fingerprint density at radius 1 is 1.23 bits per heavy atom. The minimum atomic E-state index is 0.553. The van der Waals surface area contributed by atoms with Gasteiger partial charge in [-0.15, -0.1) is 0 Å². The van der Waals surface area contributed by atoms with Gasteiger partial charge in [0.2, 0.25) is 0 Å². The number of hydrogen-bond donors (Lipinski definition) is 0. The first-order chi connectivity index (χ1) is 10.7. The number of piperazine rings is 1. The van der Waals surface area contributed by atoms with Gasteiger partial charge in [-0.05, 0) is 31.5 Å². The van der Waals surface area contributed by atoms with Crippen LogP contribution in [0.1, 0.15) is 24.6 Å². The highest BCUT2D eigenvalue weighted by atomic mass is 15.3. The highest BCUT2D eigenvalue weighted by Gasteiger charge is 2.30. The smallest absolute Gasteiger partial charge is 0.145 e. The standard InChI is InChI=1S/C17H25N5/c1-3-20-8-10-21(11-9-20)15-6-7-22(13-15)17-5-4-14(2)16(12-18)19-17/h4-5,15H,3,6-11,13H2,1-2H3. The summed E-state index contributed by atoms with van der Waals surface area (Å²) in [5, 5.41) is 9.15. The zero-order chi connectivity index (χ0) is 15.5. The predicted molar refractivity (Wildman–Crippen MR) is 88.0 cm³/mol. The molecule has 2 aliphatic heterocycles. The molecular formula is C17H25N5. The summed E-state index contributed by atoms with van der Waals surface area (Å²) in [6.45, 7) is 12.1. The van der Waals surface area contributed by atoms with Crippen molar-refractivity contribution in [3.63, 3.8) is 0 Å². The number of aromatic nitrogens is 1. The zero-order valence-electron chi connectivity index (χ0n) is 13.6. The average molecular weight is 299 g/mol. The van der Waals surface area contributed by atoms with E-state index in [0.717, 1.165) is 31.0 Å². The Balaban J connectivity index is 1.62. The lowest BCUT2D eigenvalue weighted by Crippen LogP contribution is -2.50. The van der Waals surface area contributed by atoms with Gasteiger partial charge in [-0.25, -0.2) is 4.98 Å². The molecule has 0 radical (unpaired) electrons. The van der Waals surface area contributed by atoms with Crippen LogP contribution in [0.3, 0.4) is 0 Å². The molecule has 5 heteroatoms. The molecule has 0 saturated carbocycles. The summed E-state index contributed by atoms with van der Waals surface area (Å²) in [6.07, 6.45) is 1.20. The topological polar surface area (TPSA) is 46.4 Å². The predicted octanol–water partition coefficient (Wildman–Crippen LogP) is 1.48. The van der Waals surface area contributed by atoms with Crippen LogP contribution in [0, 0.1) is 18.3 Å². The molecule has 3 heterocycles. The van der Waals surface area contributed by atoms with E-state index in [9.17, 15) is 0 Å². The Morgan fingerprint density at radius 2 is 2.00 bits per heavy atom. The molecule has 0 bridgehead atoms. The Morgan fingerprint density at radius 3 is 2.68 bits per heavy atom. The van der Waals surface area contributed by atoms with Crippen LogP contribution in [0.15, 0.2) is 12.1 Å². The van der Waals surface area contributed by atoms with Crippen LogP contribution in [0.4, 0.5) is 5.82 Å². The van der Waals surface area contributed by atoms with E-state index in [-0.39, 0.29) is 0 Å². The zero-order valence-corrected chi connectivity index (χ0v) is 13.6. The minimum Gasteiger partial charge on any atom is -0.355 e. The molecule has 0 N–H and O–H groups in total. The Bertz CT molecular complexity index is 557. The van der Waals surface area contributed by atoms with E-state index in [2.05, 4.69) is 32.7 Å². The Kier molecular flexibility index (Phi) is 4.60. The monoisotopic (exact) mass is 299 g/mol. The molecule has 1 aromatic rings. The molecule has 2 fully saturated rings. The quantitative estimate of drug-likeness (QED) is 0.846. The molecule has 1 aromatic heterocycles. The summed E-state index contributed by atoms with van der Waals surface area (Å²) in [5.74, 6) is 0.955. The van der Waals surface area contributed by atoms with Crippen molar-refractivity contribution in [1.29, 1.82) is 5.26 Å². The SMILES string of the molecule is CCN1CCN(C2CCN(c3ccc(C)c(C#N)n3)C2)CC1. The van der Waals surface area contributed by atoms with Crippen molar-refractivity contribution in [2.75, 3.05) is 50.7 Å². The van der Waals surface area contributed by atoms with Gasteiger partial charge >= 0.3 is 0 Å². The molecule has 0 amide bonds. The third-order valence-electron chi connectivity index (χ3n) is 5.05. The van der Waals surface area contributed by atoms with E-state index in [1.165, 1.54) is 32.6 Å². The molecule has 1 atom stereocenters. The van der Waals surface area contributed by atoms with Gasteiger partial charge in [0.15, 0.2) is 0 Å². The number of aryl methyl sites for hydroxylation is 1. The van der Waals surface area contributed by atoms with Crippen molar-refractivity contribution < 1.29 is 0 Å². The number of anilines is 1. The molecule has 22 heavy (non-hydrogen) atoms. The van der Waals surface area contributed by atoms with Gasteiger partial charge in [0.1, 0.15) is 17.6 Å². The minimum absolute atomic E-state index is 0.553. The van der Waals surface area contributed by atoms with Crippen molar-refractivity contribution in [2.45, 2.75) is 26.3 Å². The summed E-state index contributed by atoms with van der Waals surface area (Å²) >= 11 is 0. The van der Waals surface area contributed by atoms with Crippen LogP contribution in [0.25, 0.3) is 0 Å². The number of nitrogens with zero attached hydrogens (tertiary/aromatic N) is 5. The summed E-state index contributed by atoms with van der Waals surface area (Å²) in [5.41, 5.74) is 1.51. The van der Waals surface area contributed by atoms with Gasteiger partial charge in [0, 0.05) is 45.3 Å². The summed E-state index contributed by atoms with van der Waals surface area (Å²) in [7, 11) is 0. The van der Waals surface area contributed by atoms with Crippen molar-refractivity contribution in [1.82, 2.24) is 14.8 Å². The highest BCUT2D eigenvalue weighted by Crippen LogP contribution is 2.23. The summed E-state index contributed by atoms with van der Waals surface area (Å²) < 4.78 is 0. The number of likely N-dealkylation sites (N-methyl/N-ethyl adjacent to an activating group) is 1. The lowest BCUT2D eigenvalue weighted by molar-refractivity contribution is 0.107. The van der Waals surface area contributed by atoms with Gasteiger partial charge in [0.25, 0.3) is 0 Å². The van der Waals surface area contributed by atoms with E-state index in [4.69, 9.17) is 5.26 Å². The van der Waals surface area contributed by atoms with Crippen molar-refractivity contribution in [2.24, 2.45) is 0 Å². The highest BCUT2D eigenvalue weighted by molar-refractivity contribution is 5.45. The van der Waals surface area contributed by atoms with Gasteiger partial charge in [0.05, 0.1) is 0 Å². The maximum Gasteiger partial charge on any atom is 0.145 e. The second-order valence-electron chi connectivity index (χ2n) is 6.31. The maximum atomic E-state index is 9.15. The van der Waals surface area contributed by atoms with Gasteiger partial charge in [-0.2, -0.15) is 5.26 Å². The van der Waals surface area contributed by atoms with Crippen LogP contribution in [-0.4, -0.2) is 66.6 Å². The first-order valence-corrected chi connectivity index (χ1v) is 8.30. The first-order valence-electron chi connectivity index (χ1n) is 8.30. The van der Waals surface area contributed by atoms with Crippen LogP contribution >= 0.6 is 0 Å². The number of pyridine rings is 1. The van der Waals surface area contributed by atoms with Gasteiger partial charge in [-0.1, -0.05) is 13.0 Å². The third kappa shape index (κ3) is 3.08. The Hall–Kier alpha value is -1.64. The second-order valence-corrected chi connectivity index (χ2v) is 6.31. The van der Waals surface area contributed by atoms with Crippen LogP contribution < -0.4 is 4.90 Å². The van der Waals surface area contributed by atoms with E-state index >= 15 is 0 Å². The molecule has 3 rings (SSSR count). The normalized spacial score (nSPS) is 23.7. The van der Waals surface area contributed by atoms with E-state index < -0.39 is 0 Å². The van der Waals surface area contributed by atoms with Gasteiger partial charge < -0.3 is 9.80 Å². The van der Waals surface area contributed by atoms with E-state index in [1.807, 2.05) is 19.1 Å². The summed E-state index contributed by atoms with van der Waals surface area (Å²) in [4.78, 5) is 12.0. The molecular weight excluding hydrogens is 274 g/mol. The molecule has 1 unspecified atom stereocenters. The summed E-state index contributed by atoms with van der Waals surface area (Å²) in [6, 6.07) is 6.88. The van der Waals surface area contributed by atoms with Crippen molar-refractivity contribution >= 4 is 5.82 Å². The fourth-order valence-corrected chi connectivity index (χ4v) is 3.50. The number of hydrogen-bond acceptors (Lipinski definition) is 5. The molecule has 2 aliphatic rings. The molecule has 0 spiro atoms. The largest absolute Gasteiger partial charge is 0.355 e. The Labute approximate surface area is 133 Å². The number of rotatable bonds is 3. The van der Waals surface area contributed by atoms with Crippen molar-refractivity contribution in [3.05, 3.63) is 23.4 Å². The first kappa shape index (κ1) is 15.3. The molecule has 0 aromatic carbocycles. The van der Waals surface area contributed by atoms with E-state index in [1.54, 1.807) is 0 Å².